The van der Waals surface area contributed by atoms with Crippen LogP contribution in [0.5, 0.6) is 0 Å². The zero-order chi connectivity index (χ0) is 30.8. The van der Waals surface area contributed by atoms with E-state index in [1.807, 2.05) is 6.07 Å². The molecule has 3 amide bonds. The van der Waals surface area contributed by atoms with E-state index >= 15 is 0 Å². The Morgan fingerprint density at radius 1 is 1.00 bits per heavy atom. The summed E-state index contributed by atoms with van der Waals surface area (Å²) in [6.45, 7) is 0. The first-order chi connectivity index (χ1) is 21.3. The van der Waals surface area contributed by atoms with E-state index in [4.69, 9.17) is 12.2 Å². The molecule has 0 saturated carbocycles. The van der Waals surface area contributed by atoms with Crippen LogP contribution in [0.2, 0.25) is 0 Å². The van der Waals surface area contributed by atoms with Crippen LogP contribution in [0.15, 0.2) is 112 Å². The lowest BCUT2D eigenvalue weighted by atomic mass is 10.1. The topological polar surface area (TPSA) is 135 Å². The minimum absolute atomic E-state index is 0.0531. The Morgan fingerprint density at radius 2 is 1.73 bits per heavy atom. The number of para-hydroxylation sites is 1. The Bertz CT molecular complexity index is 2010. The van der Waals surface area contributed by atoms with Crippen LogP contribution in [0.1, 0.15) is 15.9 Å². The molecule has 4 aromatic carbocycles. The lowest BCUT2D eigenvalue weighted by Crippen LogP contribution is -2.54. The van der Waals surface area contributed by atoms with Gasteiger partial charge in [-0.3, -0.25) is 34.7 Å². The summed E-state index contributed by atoms with van der Waals surface area (Å²) in [5.41, 5.74) is 2.17. The second kappa shape index (κ2) is 12.2. The molecule has 0 aliphatic carbocycles. The van der Waals surface area contributed by atoms with Gasteiger partial charge < -0.3 is 5.32 Å². The molecule has 216 valence electrons. The molecule has 1 aromatic heterocycles. The van der Waals surface area contributed by atoms with Gasteiger partial charge >= 0.3 is 0 Å². The number of carbonyl (C=O) groups is 3. The van der Waals surface area contributed by atoms with Gasteiger partial charge in [-0.15, -0.1) is 11.3 Å². The molecule has 1 aliphatic rings. The number of thiocarbonyl (C=S) groups is 1. The van der Waals surface area contributed by atoms with E-state index in [1.165, 1.54) is 28.4 Å². The maximum absolute atomic E-state index is 13.3. The average Bonchev–Trinajstić information content (AvgIpc) is 3.42. The number of amides is 3. The summed E-state index contributed by atoms with van der Waals surface area (Å²) in [4.78, 5) is 56.1. The number of nitrogens with zero attached hydrogens (tertiary/aromatic N) is 3. The van der Waals surface area contributed by atoms with Gasteiger partial charge in [0.1, 0.15) is 5.57 Å². The number of fused-ring (bicyclic) bond motifs is 1. The number of anilines is 2. The fourth-order valence-corrected chi connectivity index (χ4v) is 6.83. The standard InChI is InChI=1S/C31H19N5O5S3/c37-27(19-7-3-1-4-8-19)32-20-12-13-23-26(17-20)44-31(33-23)43-25-14-11-18(16-24(25)36(40)41)15-22-28(38)34-30(42)35(29(22)39)21-9-5-2-6-10-21/h1-17H,(H,32,37)(H,34,38,42)/b22-15+. The SMILES string of the molecule is O=C1NC(=S)N(c2ccccc2)C(=O)/C1=C/c1ccc(Sc2nc3ccc(NC(=O)c4ccccc4)cc3s2)c([N+](=O)[O-])c1. The first-order valence-electron chi connectivity index (χ1n) is 13.0. The van der Waals surface area contributed by atoms with Gasteiger partial charge in [0.2, 0.25) is 0 Å². The van der Waals surface area contributed by atoms with Crippen molar-refractivity contribution in [2.45, 2.75) is 9.24 Å². The fourth-order valence-electron chi connectivity index (χ4n) is 4.40. The van der Waals surface area contributed by atoms with Crippen molar-refractivity contribution in [2.24, 2.45) is 0 Å². The molecule has 44 heavy (non-hydrogen) atoms. The Labute approximate surface area is 263 Å². The molecule has 1 saturated heterocycles. The van der Waals surface area contributed by atoms with Gasteiger partial charge in [0.15, 0.2) is 9.45 Å². The molecule has 2 N–H and O–H groups in total. The van der Waals surface area contributed by atoms with Crippen molar-refractivity contribution >= 4 is 91.5 Å². The largest absolute Gasteiger partial charge is 0.322 e. The number of rotatable bonds is 7. The summed E-state index contributed by atoms with van der Waals surface area (Å²) < 4.78 is 1.36. The number of nitro benzene ring substituents is 1. The van der Waals surface area contributed by atoms with Gasteiger partial charge in [-0.1, -0.05) is 54.2 Å². The highest BCUT2D eigenvalue weighted by molar-refractivity contribution is 8.01. The molecule has 0 spiro atoms. The Morgan fingerprint density at radius 3 is 2.45 bits per heavy atom. The van der Waals surface area contributed by atoms with Crippen LogP contribution in [0.25, 0.3) is 16.3 Å². The van der Waals surface area contributed by atoms with E-state index in [-0.39, 0.29) is 22.3 Å². The maximum atomic E-state index is 13.3. The van der Waals surface area contributed by atoms with E-state index in [9.17, 15) is 24.5 Å². The van der Waals surface area contributed by atoms with Crippen molar-refractivity contribution in [3.8, 4) is 0 Å². The number of benzene rings is 4. The summed E-state index contributed by atoms with van der Waals surface area (Å²) in [6.07, 6.45) is 1.31. The minimum atomic E-state index is -0.693. The number of hydrogen-bond donors (Lipinski definition) is 2. The summed E-state index contributed by atoms with van der Waals surface area (Å²) in [7, 11) is 0. The van der Waals surface area contributed by atoms with E-state index in [1.54, 1.807) is 84.9 Å². The van der Waals surface area contributed by atoms with Gasteiger partial charge in [0.25, 0.3) is 23.4 Å². The molecule has 13 heteroatoms. The molecule has 6 rings (SSSR count). The summed E-state index contributed by atoms with van der Waals surface area (Å²) >= 11 is 7.67. The maximum Gasteiger partial charge on any atom is 0.283 e. The fraction of sp³-hybridized carbons (Fsp3) is 0. The number of thiazole rings is 1. The second-order valence-corrected chi connectivity index (χ2v) is 12.1. The van der Waals surface area contributed by atoms with Crippen molar-refractivity contribution in [1.29, 1.82) is 0 Å². The second-order valence-electron chi connectivity index (χ2n) is 9.36. The van der Waals surface area contributed by atoms with Gasteiger partial charge in [-0.2, -0.15) is 0 Å². The van der Waals surface area contributed by atoms with Crippen molar-refractivity contribution in [3.05, 3.63) is 124 Å². The predicted octanol–water partition coefficient (Wildman–Crippen LogP) is 6.44. The summed E-state index contributed by atoms with van der Waals surface area (Å²) in [5.74, 6) is -1.57. The molecule has 0 bridgehead atoms. The Kier molecular flexibility index (Phi) is 7.98. The number of hydrogen-bond acceptors (Lipinski definition) is 9. The van der Waals surface area contributed by atoms with Crippen LogP contribution in [0, 0.1) is 10.1 Å². The predicted molar refractivity (Wildman–Crippen MR) is 174 cm³/mol. The highest BCUT2D eigenvalue weighted by Crippen LogP contribution is 2.40. The molecule has 5 aromatic rings. The number of nitrogens with one attached hydrogen (secondary N) is 2. The third-order valence-corrected chi connectivity index (χ3v) is 8.90. The highest BCUT2D eigenvalue weighted by atomic mass is 32.2. The van der Waals surface area contributed by atoms with Crippen molar-refractivity contribution < 1.29 is 19.3 Å². The van der Waals surface area contributed by atoms with Crippen LogP contribution in [0.4, 0.5) is 17.1 Å². The Balaban J connectivity index is 1.25. The number of nitro groups is 1. The van der Waals surface area contributed by atoms with E-state index in [0.717, 1.165) is 16.5 Å². The molecular formula is C31H19N5O5S3. The lowest BCUT2D eigenvalue weighted by molar-refractivity contribution is -0.387. The minimum Gasteiger partial charge on any atom is -0.322 e. The van der Waals surface area contributed by atoms with Gasteiger partial charge in [0.05, 0.1) is 25.7 Å². The lowest BCUT2D eigenvalue weighted by Gasteiger charge is -2.28. The number of carbonyl (C=O) groups excluding carboxylic acids is 3. The van der Waals surface area contributed by atoms with Crippen molar-refractivity contribution in [2.75, 3.05) is 10.2 Å². The van der Waals surface area contributed by atoms with Gasteiger partial charge in [-0.05, 0) is 72.4 Å². The normalized spacial score (nSPS) is 14.1. The average molecular weight is 638 g/mol. The summed E-state index contributed by atoms with van der Waals surface area (Å²) in [5, 5.41) is 17.4. The van der Waals surface area contributed by atoms with E-state index in [2.05, 4.69) is 15.6 Å². The monoisotopic (exact) mass is 637 g/mol. The van der Waals surface area contributed by atoms with Gasteiger partial charge in [-0.25, -0.2) is 4.98 Å². The van der Waals surface area contributed by atoms with Crippen LogP contribution >= 0.6 is 35.3 Å². The van der Waals surface area contributed by atoms with Crippen LogP contribution in [0.3, 0.4) is 0 Å². The number of aromatic nitrogens is 1. The van der Waals surface area contributed by atoms with Crippen LogP contribution in [-0.4, -0.2) is 32.7 Å². The van der Waals surface area contributed by atoms with E-state index < -0.39 is 16.7 Å². The third-order valence-electron chi connectivity index (χ3n) is 6.47. The van der Waals surface area contributed by atoms with Crippen molar-refractivity contribution in [3.63, 3.8) is 0 Å². The quantitative estimate of drug-likeness (QED) is 0.0685. The van der Waals surface area contributed by atoms with E-state index in [0.29, 0.717) is 37.3 Å². The molecule has 1 fully saturated rings. The molecule has 0 unspecified atom stereocenters. The first-order valence-corrected chi connectivity index (χ1v) is 15.0. The summed E-state index contributed by atoms with van der Waals surface area (Å²) in [6, 6.07) is 27.2. The van der Waals surface area contributed by atoms with Crippen LogP contribution < -0.4 is 15.5 Å². The molecular weight excluding hydrogens is 619 g/mol. The van der Waals surface area contributed by atoms with Crippen LogP contribution in [-0.2, 0) is 9.59 Å². The van der Waals surface area contributed by atoms with Crippen molar-refractivity contribution in [1.82, 2.24) is 10.3 Å². The van der Waals surface area contributed by atoms with Gasteiger partial charge in [0, 0.05) is 17.3 Å². The molecule has 2 heterocycles. The molecule has 1 aliphatic heterocycles. The Hall–Kier alpha value is -5.24. The molecule has 10 nitrogen and oxygen atoms in total. The highest BCUT2D eigenvalue weighted by Gasteiger charge is 2.34. The first kappa shape index (κ1) is 28.9. The zero-order valence-electron chi connectivity index (χ0n) is 22.4. The molecule has 0 radical (unpaired) electrons. The molecule has 0 atom stereocenters. The zero-order valence-corrected chi connectivity index (χ0v) is 24.9. The third kappa shape index (κ3) is 5.97. The smallest absolute Gasteiger partial charge is 0.283 e.